The molecule has 0 unspecified atom stereocenters. The molecule has 0 spiro atoms. The first-order valence-electron chi connectivity index (χ1n) is 7.62. The second kappa shape index (κ2) is 6.37. The van der Waals surface area contributed by atoms with Crippen molar-refractivity contribution in [1.82, 2.24) is 10.2 Å². The lowest BCUT2D eigenvalue weighted by Gasteiger charge is -2.19. The first kappa shape index (κ1) is 15.0. The van der Waals surface area contributed by atoms with Crippen LogP contribution in [0.2, 0.25) is 0 Å². The average Bonchev–Trinajstić information content (AvgIpc) is 2.64. The maximum absolute atomic E-state index is 12.2. The van der Waals surface area contributed by atoms with Crippen LogP contribution < -0.4 is 5.32 Å². The molecule has 3 amide bonds. The van der Waals surface area contributed by atoms with Crippen LogP contribution >= 0.6 is 0 Å². The number of amides is 3. The van der Waals surface area contributed by atoms with Crippen molar-refractivity contribution in [3.8, 4) is 0 Å². The number of carbonyl (C=O) groups is 3. The van der Waals surface area contributed by atoms with Crippen molar-refractivity contribution < 1.29 is 14.4 Å². The summed E-state index contributed by atoms with van der Waals surface area (Å²) in [6, 6.07) is 0. The third-order valence-electron chi connectivity index (χ3n) is 4.28. The Hall–Kier alpha value is -1.39. The average molecular weight is 280 g/mol. The molecule has 1 aliphatic heterocycles. The summed E-state index contributed by atoms with van der Waals surface area (Å²) in [6.45, 7) is 4.66. The number of nitrogens with one attached hydrogen (secondary N) is 1. The van der Waals surface area contributed by atoms with Crippen molar-refractivity contribution in [3.63, 3.8) is 0 Å². The van der Waals surface area contributed by atoms with E-state index in [1.54, 1.807) is 0 Å². The predicted molar refractivity (Wildman–Crippen MR) is 74.6 cm³/mol. The van der Waals surface area contributed by atoms with Gasteiger partial charge in [-0.05, 0) is 25.2 Å². The summed E-state index contributed by atoms with van der Waals surface area (Å²) in [5.74, 6) is -0.323. The molecule has 1 aliphatic carbocycles. The van der Waals surface area contributed by atoms with Gasteiger partial charge in [-0.25, -0.2) is 0 Å². The first-order valence-corrected chi connectivity index (χ1v) is 7.62. The van der Waals surface area contributed by atoms with Crippen molar-refractivity contribution in [1.29, 1.82) is 0 Å². The molecule has 0 aromatic rings. The van der Waals surface area contributed by atoms with Gasteiger partial charge in [0.2, 0.25) is 17.7 Å². The number of hydrogen-bond acceptors (Lipinski definition) is 3. The fraction of sp³-hybridized carbons (Fsp3) is 0.800. The highest BCUT2D eigenvalue weighted by molar-refractivity contribution is 6.07. The molecule has 0 radical (unpaired) electrons. The van der Waals surface area contributed by atoms with Gasteiger partial charge in [0.1, 0.15) is 6.54 Å². The summed E-state index contributed by atoms with van der Waals surface area (Å²) >= 11 is 0. The normalized spacial score (nSPS) is 26.1. The Morgan fingerprint density at radius 3 is 2.25 bits per heavy atom. The largest absolute Gasteiger partial charge is 0.355 e. The third-order valence-corrected chi connectivity index (χ3v) is 4.28. The molecular weight excluding hydrogens is 256 g/mol. The Morgan fingerprint density at radius 2 is 1.75 bits per heavy atom. The summed E-state index contributed by atoms with van der Waals surface area (Å²) in [6.07, 6.45) is 4.50. The number of imide groups is 1. The van der Waals surface area contributed by atoms with Gasteiger partial charge in [0.15, 0.2) is 0 Å². The molecule has 1 saturated heterocycles. The standard InChI is InChI=1S/C15H24N2O3/c1-10(2)7-8-16-13(18)9-17-14(19)11-5-3-4-6-12(11)15(17)20/h10-12H,3-9H2,1-2H3,(H,16,18)/t11-,12+. The highest BCUT2D eigenvalue weighted by Gasteiger charge is 2.48. The van der Waals surface area contributed by atoms with E-state index in [9.17, 15) is 14.4 Å². The van der Waals surface area contributed by atoms with Gasteiger partial charge in [-0.15, -0.1) is 0 Å². The molecule has 112 valence electrons. The third kappa shape index (κ3) is 3.19. The molecule has 2 rings (SSSR count). The summed E-state index contributed by atoms with van der Waals surface area (Å²) in [5, 5.41) is 2.78. The van der Waals surface area contributed by atoms with Crippen LogP contribution in [0.15, 0.2) is 0 Å². The minimum absolute atomic E-state index is 0.108. The number of likely N-dealkylation sites (tertiary alicyclic amines) is 1. The molecule has 20 heavy (non-hydrogen) atoms. The van der Waals surface area contributed by atoms with E-state index in [0.29, 0.717) is 12.5 Å². The van der Waals surface area contributed by atoms with Crippen molar-refractivity contribution >= 4 is 17.7 Å². The summed E-state index contributed by atoms with van der Waals surface area (Å²) in [7, 11) is 0. The number of hydrogen-bond donors (Lipinski definition) is 1. The zero-order valence-electron chi connectivity index (χ0n) is 12.4. The quantitative estimate of drug-likeness (QED) is 0.772. The Bertz CT molecular complexity index is 382. The maximum atomic E-state index is 12.2. The van der Waals surface area contributed by atoms with Gasteiger partial charge in [-0.2, -0.15) is 0 Å². The molecule has 2 atom stereocenters. The molecule has 2 fully saturated rings. The molecule has 1 heterocycles. The van der Waals surface area contributed by atoms with E-state index >= 15 is 0 Å². The SMILES string of the molecule is CC(C)CCNC(=O)CN1C(=O)[C@H]2CCCC[C@H]2C1=O. The minimum Gasteiger partial charge on any atom is -0.355 e. The molecule has 5 heteroatoms. The van der Waals surface area contributed by atoms with Crippen molar-refractivity contribution in [2.24, 2.45) is 17.8 Å². The molecule has 0 bridgehead atoms. The fourth-order valence-electron chi connectivity index (χ4n) is 3.09. The van der Waals surface area contributed by atoms with E-state index in [1.165, 1.54) is 4.90 Å². The van der Waals surface area contributed by atoms with Crippen molar-refractivity contribution in [3.05, 3.63) is 0 Å². The maximum Gasteiger partial charge on any atom is 0.240 e. The summed E-state index contributed by atoms with van der Waals surface area (Å²) < 4.78 is 0. The Morgan fingerprint density at radius 1 is 1.20 bits per heavy atom. The number of nitrogens with zero attached hydrogens (tertiary/aromatic N) is 1. The highest BCUT2D eigenvalue weighted by atomic mass is 16.2. The minimum atomic E-state index is -0.231. The fourth-order valence-corrected chi connectivity index (χ4v) is 3.09. The van der Waals surface area contributed by atoms with Crippen LogP contribution in [0.3, 0.4) is 0 Å². The molecule has 0 aromatic carbocycles. The molecule has 2 aliphatic rings. The van der Waals surface area contributed by atoms with E-state index < -0.39 is 0 Å². The molecule has 1 saturated carbocycles. The predicted octanol–water partition coefficient (Wildman–Crippen LogP) is 1.32. The van der Waals surface area contributed by atoms with Crippen LogP contribution in [0.5, 0.6) is 0 Å². The second-order valence-corrected chi connectivity index (χ2v) is 6.29. The Balaban J connectivity index is 1.87. The van der Waals surface area contributed by atoms with Gasteiger partial charge >= 0.3 is 0 Å². The number of carbonyl (C=O) groups excluding carboxylic acids is 3. The Labute approximate surface area is 120 Å². The van der Waals surface area contributed by atoms with Crippen molar-refractivity contribution in [2.45, 2.75) is 46.0 Å². The molecular formula is C15H24N2O3. The lowest BCUT2D eigenvalue weighted by Crippen LogP contribution is -2.41. The monoisotopic (exact) mass is 280 g/mol. The van der Waals surface area contributed by atoms with Crippen LogP contribution in [-0.4, -0.2) is 35.7 Å². The molecule has 0 aromatic heterocycles. The van der Waals surface area contributed by atoms with E-state index in [0.717, 1.165) is 32.1 Å². The number of rotatable bonds is 5. The van der Waals surface area contributed by atoms with E-state index in [-0.39, 0.29) is 36.1 Å². The molecule has 5 nitrogen and oxygen atoms in total. The van der Waals surface area contributed by atoms with Crippen LogP contribution in [0.1, 0.15) is 46.0 Å². The van der Waals surface area contributed by atoms with Crippen molar-refractivity contribution in [2.75, 3.05) is 13.1 Å². The van der Waals surface area contributed by atoms with Gasteiger partial charge in [-0.1, -0.05) is 26.7 Å². The van der Waals surface area contributed by atoms with E-state index in [2.05, 4.69) is 19.2 Å². The smallest absolute Gasteiger partial charge is 0.240 e. The van der Waals surface area contributed by atoms with Crippen LogP contribution in [-0.2, 0) is 14.4 Å². The highest BCUT2D eigenvalue weighted by Crippen LogP contribution is 2.37. The van der Waals surface area contributed by atoms with Crippen LogP contribution in [0.4, 0.5) is 0 Å². The molecule has 1 N–H and O–H groups in total. The van der Waals surface area contributed by atoms with E-state index in [1.807, 2.05) is 0 Å². The summed E-state index contributed by atoms with van der Waals surface area (Å²) in [4.78, 5) is 37.4. The zero-order valence-corrected chi connectivity index (χ0v) is 12.4. The van der Waals surface area contributed by atoms with Crippen LogP contribution in [0.25, 0.3) is 0 Å². The zero-order chi connectivity index (χ0) is 14.7. The summed E-state index contributed by atoms with van der Waals surface area (Å²) in [5.41, 5.74) is 0. The van der Waals surface area contributed by atoms with Gasteiger partial charge < -0.3 is 5.32 Å². The Kier molecular flexibility index (Phi) is 4.78. The van der Waals surface area contributed by atoms with Gasteiger partial charge in [0, 0.05) is 6.54 Å². The lowest BCUT2D eigenvalue weighted by atomic mass is 9.81. The van der Waals surface area contributed by atoms with Gasteiger partial charge in [0.05, 0.1) is 11.8 Å². The lowest BCUT2D eigenvalue weighted by molar-refractivity contribution is -0.143. The second-order valence-electron chi connectivity index (χ2n) is 6.29. The van der Waals surface area contributed by atoms with Crippen LogP contribution in [0, 0.1) is 17.8 Å². The topological polar surface area (TPSA) is 66.5 Å². The van der Waals surface area contributed by atoms with E-state index in [4.69, 9.17) is 0 Å². The number of fused-ring (bicyclic) bond motifs is 1. The first-order chi connectivity index (χ1) is 9.50. The van der Waals surface area contributed by atoms with Gasteiger partial charge in [-0.3, -0.25) is 19.3 Å². The van der Waals surface area contributed by atoms with Gasteiger partial charge in [0.25, 0.3) is 0 Å².